The van der Waals surface area contributed by atoms with Crippen LogP contribution in [-0.2, 0) is 14.3 Å². The number of carbonyl (C=O) groups is 3. The van der Waals surface area contributed by atoms with Crippen LogP contribution < -0.4 is 15.5 Å². The van der Waals surface area contributed by atoms with Crippen LogP contribution in [0.2, 0.25) is 0 Å². The van der Waals surface area contributed by atoms with Gasteiger partial charge in [-0.25, -0.2) is 10.2 Å². The third-order valence-electron chi connectivity index (χ3n) is 13.1. The molecule has 0 bridgehead atoms. The van der Waals surface area contributed by atoms with Crippen LogP contribution >= 0.6 is 0 Å². The summed E-state index contributed by atoms with van der Waals surface area (Å²) in [6, 6.07) is 15.6. The van der Waals surface area contributed by atoms with E-state index in [1.54, 1.807) is 80.1 Å². The summed E-state index contributed by atoms with van der Waals surface area (Å²) < 4.78 is 10.5. The van der Waals surface area contributed by atoms with E-state index in [4.69, 9.17) is 9.47 Å². The van der Waals surface area contributed by atoms with Crippen molar-refractivity contribution < 1.29 is 39.2 Å². The highest BCUT2D eigenvalue weighted by Crippen LogP contribution is 2.70. The number of hydrazone groups is 1. The number of rotatable bonds is 8. The Kier molecular flexibility index (Phi) is 9.18. The molecule has 5 N–H and O–H groups in total. The summed E-state index contributed by atoms with van der Waals surface area (Å²) >= 11 is 0. The van der Waals surface area contributed by atoms with Crippen LogP contribution in [0.4, 0.5) is 0 Å². The van der Waals surface area contributed by atoms with Crippen molar-refractivity contribution in [2.45, 2.75) is 82.0 Å². The minimum Gasteiger partial charge on any atom is -0.497 e. The number of nitrogens with zero attached hydrogens (tertiary/aromatic N) is 1. The van der Waals surface area contributed by atoms with E-state index < -0.39 is 40.0 Å². The highest BCUT2D eigenvalue weighted by molar-refractivity contribution is 6.05. The first-order chi connectivity index (χ1) is 24.4. The lowest BCUT2D eigenvalue weighted by molar-refractivity contribution is -0.237. The molecule has 0 unspecified atom stereocenters. The van der Waals surface area contributed by atoms with E-state index in [0.717, 1.165) is 12.0 Å². The number of benzene rings is 2. The Labute approximate surface area is 297 Å². The minimum atomic E-state index is -1.29. The zero-order chi connectivity index (χ0) is 36.0. The van der Waals surface area contributed by atoms with Crippen LogP contribution in [0.5, 0.6) is 5.75 Å². The highest BCUT2D eigenvalue weighted by Gasteiger charge is 2.71. The van der Waals surface area contributed by atoms with Gasteiger partial charge in [-0.15, -0.1) is 0 Å². The van der Waals surface area contributed by atoms with Gasteiger partial charge in [0.15, 0.2) is 0 Å². The van der Waals surface area contributed by atoms with E-state index >= 15 is 0 Å². The topological polar surface area (TPSA) is 167 Å². The summed E-state index contributed by atoms with van der Waals surface area (Å²) in [5, 5.41) is 43.0. The number of aliphatic hydroxyl groups excluding tert-OH is 1. The van der Waals surface area contributed by atoms with Crippen molar-refractivity contribution in [1.29, 1.82) is 0 Å². The van der Waals surface area contributed by atoms with Gasteiger partial charge in [-0.3, -0.25) is 9.59 Å². The van der Waals surface area contributed by atoms with Gasteiger partial charge in [0, 0.05) is 35.1 Å². The fourth-order valence-corrected chi connectivity index (χ4v) is 10.4. The summed E-state index contributed by atoms with van der Waals surface area (Å²) in [5.74, 6) is -1.10. The number of methoxy groups -OCH3 is 1. The van der Waals surface area contributed by atoms with Crippen LogP contribution in [0.15, 0.2) is 77.0 Å². The molecule has 11 heteroatoms. The molecule has 1 heterocycles. The molecule has 2 aromatic rings. The number of aliphatic hydroxyl groups is 3. The van der Waals surface area contributed by atoms with Crippen molar-refractivity contribution in [3.8, 4) is 5.75 Å². The van der Waals surface area contributed by atoms with E-state index in [2.05, 4.69) is 22.8 Å². The first-order valence-electron chi connectivity index (χ1n) is 18.0. The van der Waals surface area contributed by atoms with Crippen LogP contribution in [0, 0.1) is 28.6 Å². The first-order valence-corrected chi connectivity index (χ1v) is 18.0. The van der Waals surface area contributed by atoms with E-state index in [1.807, 2.05) is 0 Å². The second-order valence-electron chi connectivity index (χ2n) is 15.4. The van der Waals surface area contributed by atoms with Crippen molar-refractivity contribution in [3.63, 3.8) is 0 Å². The van der Waals surface area contributed by atoms with Crippen LogP contribution in [-0.4, -0.2) is 70.3 Å². The van der Waals surface area contributed by atoms with Crippen LogP contribution in [0.25, 0.3) is 6.08 Å². The van der Waals surface area contributed by atoms with Gasteiger partial charge in [0.2, 0.25) is 0 Å². The maximum Gasteiger partial charge on any atom is 0.331 e. The predicted molar refractivity (Wildman–Crippen MR) is 189 cm³/mol. The molecule has 0 radical (unpaired) electrons. The lowest BCUT2D eigenvalue weighted by Gasteiger charge is -2.65. The molecule has 2 aromatic carbocycles. The van der Waals surface area contributed by atoms with Gasteiger partial charge < -0.3 is 30.1 Å². The van der Waals surface area contributed by atoms with Gasteiger partial charge >= 0.3 is 5.97 Å². The van der Waals surface area contributed by atoms with Gasteiger partial charge in [0.25, 0.3) is 11.8 Å². The van der Waals surface area contributed by atoms with Gasteiger partial charge in [0.1, 0.15) is 18.1 Å². The number of cyclic esters (lactones) is 1. The van der Waals surface area contributed by atoms with Gasteiger partial charge in [-0.1, -0.05) is 37.3 Å². The number of hydrogen-bond acceptors (Lipinski definition) is 9. The van der Waals surface area contributed by atoms with Crippen molar-refractivity contribution in [2.24, 2.45) is 33.7 Å². The fraction of sp³-hybridized carbons (Fsp3) is 0.500. The molecule has 1 aliphatic heterocycles. The van der Waals surface area contributed by atoms with Gasteiger partial charge in [-0.2, -0.15) is 5.10 Å². The molecular formula is C40H47N3O8. The van der Waals surface area contributed by atoms with E-state index in [9.17, 15) is 29.7 Å². The second-order valence-corrected chi connectivity index (χ2v) is 15.4. The van der Waals surface area contributed by atoms with Crippen LogP contribution in [0.1, 0.15) is 80.6 Å². The molecule has 8 atom stereocenters. The largest absolute Gasteiger partial charge is 0.497 e. The zero-order valence-corrected chi connectivity index (χ0v) is 29.1. The SMILES string of the molecule is COc1ccc(/C=C(\NC(=O)c2ccccc2)C(=O)N/N=C\[C@]23CC[C@@H](O)C[C@]2(O)CC[C@@H]2[C@@H]3CC[C@]3(C)[C@@H](C4=CC(=O)OC4)CC[C@]23O)cc1. The quantitative estimate of drug-likeness (QED) is 0.118. The maximum atomic E-state index is 13.8. The summed E-state index contributed by atoms with van der Waals surface area (Å²) in [7, 11) is 1.56. The van der Waals surface area contributed by atoms with E-state index in [1.165, 1.54) is 0 Å². The fourth-order valence-electron chi connectivity index (χ4n) is 10.4. The summed E-state index contributed by atoms with van der Waals surface area (Å²) in [5.41, 5.74) is 0.863. The summed E-state index contributed by atoms with van der Waals surface area (Å²) in [4.78, 5) is 38.9. The average Bonchev–Trinajstić information content (AvgIpc) is 3.67. The highest BCUT2D eigenvalue weighted by atomic mass is 16.5. The smallest absolute Gasteiger partial charge is 0.331 e. The molecule has 11 nitrogen and oxygen atoms in total. The predicted octanol–water partition coefficient (Wildman–Crippen LogP) is 4.28. The number of carbonyl (C=O) groups excluding carboxylic acids is 3. The summed E-state index contributed by atoms with van der Waals surface area (Å²) in [6.45, 7) is 2.40. The Balaban J connectivity index is 1.18. The minimum absolute atomic E-state index is 0.0230. The molecule has 5 aliphatic rings. The van der Waals surface area contributed by atoms with Gasteiger partial charge in [-0.05, 0) is 111 Å². The molecule has 51 heavy (non-hydrogen) atoms. The number of nitrogens with one attached hydrogen (secondary N) is 2. The van der Waals surface area contributed by atoms with Crippen LogP contribution in [0.3, 0.4) is 0 Å². The van der Waals surface area contributed by atoms with Crippen molar-refractivity contribution in [1.82, 2.24) is 10.7 Å². The molecule has 0 spiro atoms. The molecule has 2 amide bonds. The number of ether oxygens (including phenoxy) is 2. The number of amides is 2. The average molecular weight is 698 g/mol. The lowest BCUT2D eigenvalue weighted by Crippen LogP contribution is -2.68. The third-order valence-corrected chi connectivity index (χ3v) is 13.1. The van der Waals surface area contributed by atoms with E-state index in [0.29, 0.717) is 61.8 Å². The Hall–Kier alpha value is -4.32. The van der Waals surface area contributed by atoms with Gasteiger partial charge in [0.05, 0.1) is 24.4 Å². The molecule has 270 valence electrons. The molecule has 0 saturated heterocycles. The second kappa shape index (κ2) is 13.3. The molecule has 4 fully saturated rings. The number of hydrogen-bond donors (Lipinski definition) is 5. The monoisotopic (exact) mass is 697 g/mol. The van der Waals surface area contributed by atoms with E-state index in [-0.39, 0.29) is 42.4 Å². The van der Waals surface area contributed by atoms with Crippen molar-refractivity contribution in [2.75, 3.05) is 13.7 Å². The number of fused-ring (bicyclic) bond motifs is 5. The zero-order valence-electron chi connectivity index (χ0n) is 29.1. The summed E-state index contributed by atoms with van der Waals surface area (Å²) in [6.07, 6.45) is 8.86. The van der Waals surface area contributed by atoms with Crippen molar-refractivity contribution in [3.05, 3.63) is 83.1 Å². The standard InChI is InChI=1S/C40H47N3O8/c1-37-16-13-31-32(40(37,49)19-15-30(37)27-21-34(45)51-23-27)14-18-39(48)22-28(44)12-17-38(31,39)24-41-43-36(47)33(20-25-8-10-29(50-2)11-9-25)42-35(46)26-6-4-3-5-7-26/h3-11,20-21,24,28,30-32,44,48-49H,12-19,22-23H2,1-2H3,(H,42,46)(H,43,47)/b33-20-,41-24-/t28-,30-,31+,32-,37-,38+,39-,40+/m1/s1. The maximum absolute atomic E-state index is 13.8. The Morgan fingerprint density at radius 1 is 0.961 bits per heavy atom. The Bertz CT molecular complexity index is 1780. The lowest BCUT2D eigenvalue weighted by atomic mass is 9.41. The first kappa shape index (κ1) is 35.1. The molecule has 0 aromatic heterocycles. The van der Waals surface area contributed by atoms with Crippen molar-refractivity contribution >= 4 is 30.1 Å². The molecule has 7 rings (SSSR count). The number of esters is 1. The Morgan fingerprint density at radius 2 is 1.71 bits per heavy atom. The normalized spacial score (nSPS) is 36.0. The third kappa shape index (κ3) is 5.98. The molecule has 4 saturated carbocycles. The molecule has 4 aliphatic carbocycles. The Morgan fingerprint density at radius 3 is 2.41 bits per heavy atom. The molecular weight excluding hydrogens is 650 g/mol.